The molecule has 0 saturated carbocycles. The second-order valence-electron chi connectivity index (χ2n) is 4.30. The van der Waals surface area contributed by atoms with E-state index in [1.807, 2.05) is 19.9 Å². The maximum atomic E-state index is 11.8. The van der Waals surface area contributed by atoms with Gasteiger partial charge in [0.2, 0.25) is 0 Å². The lowest BCUT2D eigenvalue weighted by molar-refractivity contribution is 0.791. The molecule has 4 nitrogen and oxygen atoms in total. The molecule has 0 aliphatic rings. The lowest BCUT2D eigenvalue weighted by Gasteiger charge is -2.03. The summed E-state index contributed by atoms with van der Waals surface area (Å²) >= 11 is 0. The van der Waals surface area contributed by atoms with Gasteiger partial charge in [0.15, 0.2) is 0 Å². The summed E-state index contributed by atoms with van der Waals surface area (Å²) in [5, 5.41) is 12.9. The van der Waals surface area contributed by atoms with Crippen molar-refractivity contribution in [3.05, 3.63) is 69.1 Å². The SMILES string of the molecule is Cc1cc(C)n(/N=C/c2ccc(C#N)cc2)c(=O)c1. The first kappa shape index (κ1) is 12.8. The summed E-state index contributed by atoms with van der Waals surface area (Å²) in [4.78, 5) is 11.8. The van der Waals surface area contributed by atoms with Crippen molar-refractivity contribution in [2.24, 2.45) is 5.10 Å². The molecule has 0 aliphatic heterocycles. The highest BCUT2D eigenvalue weighted by molar-refractivity contribution is 5.79. The molecule has 0 N–H and O–H groups in total. The van der Waals surface area contributed by atoms with Crippen LogP contribution in [0.3, 0.4) is 0 Å². The molecule has 0 amide bonds. The Morgan fingerprint density at radius 1 is 1.21 bits per heavy atom. The molecule has 0 radical (unpaired) electrons. The van der Waals surface area contributed by atoms with Crippen molar-refractivity contribution in [1.29, 1.82) is 5.26 Å². The van der Waals surface area contributed by atoms with E-state index in [1.54, 1.807) is 36.5 Å². The van der Waals surface area contributed by atoms with E-state index in [9.17, 15) is 4.79 Å². The van der Waals surface area contributed by atoms with Crippen molar-refractivity contribution >= 4 is 6.21 Å². The van der Waals surface area contributed by atoms with Gasteiger partial charge in [-0.1, -0.05) is 12.1 Å². The molecule has 94 valence electrons. The Balaban J connectivity index is 2.33. The summed E-state index contributed by atoms with van der Waals surface area (Å²) < 4.78 is 1.35. The molecule has 0 unspecified atom stereocenters. The zero-order valence-corrected chi connectivity index (χ0v) is 10.8. The van der Waals surface area contributed by atoms with Gasteiger partial charge in [0.1, 0.15) is 0 Å². The van der Waals surface area contributed by atoms with Crippen LogP contribution in [0.1, 0.15) is 22.4 Å². The van der Waals surface area contributed by atoms with Gasteiger partial charge in [0, 0.05) is 11.8 Å². The predicted molar refractivity (Wildman–Crippen MR) is 74.3 cm³/mol. The predicted octanol–water partition coefficient (Wildman–Crippen LogP) is 2.22. The second kappa shape index (κ2) is 5.32. The van der Waals surface area contributed by atoms with Crippen molar-refractivity contribution < 1.29 is 0 Å². The standard InChI is InChI=1S/C15H13N3O/c1-11-7-12(2)18(15(19)8-11)17-10-14-5-3-13(9-16)4-6-14/h3-8,10H,1-2H3/b17-10+. The Kier molecular flexibility index (Phi) is 3.58. The summed E-state index contributed by atoms with van der Waals surface area (Å²) in [7, 11) is 0. The van der Waals surface area contributed by atoms with Gasteiger partial charge in [0.25, 0.3) is 5.56 Å². The molecule has 0 spiro atoms. The molecule has 0 aliphatic carbocycles. The molecule has 0 atom stereocenters. The molecule has 0 bridgehead atoms. The van der Waals surface area contributed by atoms with Crippen molar-refractivity contribution in [3.63, 3.8) is 0 Å². The molecule has 1 heterocycles. The van der Waals surface area contributed by atoms with Crippen LogP contribution in [-0.2, 0) is 0 Å². The molecule has 2 rings (SSSR count). The lowest BCUT2D eigenvalue weighted by atomic mass is 10.2. The van der Waals surface area contributed by atoms with E-state index in [4.69, 9.17) is 5.26 Å². The fraction of sp³-hybridized carbons (Fsp3) is 0.133. The Morgan fingerprint density at radius 3 is 2.47 bits per heavy atom. The van der Waals surface area contributed by atoms with Crippen LogP contribution in [0.15, 0.2) is 46.3 Å². The molecular weight excluding hydrogens is 238 g/mol. The van der Waals surface area contributed by atoms with Gasteiger partial charge >= 0.3 is 0 Å². The highest BCUT2D eigenvalue weighted by Gasteiger charge is 1.99. The molecular formula is C15H13N3O. The van der Waals surface area contributed by atoms with E-state index in [0.717, 1.165) is 16.8 Å². The molecule has 1 aromatic carbocycles. The van der Waals surface area contributed by atoms with Crippen LogP contribution in [0.2, 0.25) is 0 Å². The summed E-state index contributed by atoms with van der Waals surface area (Å²) in [5.74, 6) is 0. The molecule has 1 aromatic heterocycles. The number of hydrogen-bond acceptors (Lipinski definition) is 3. The molecule has 0 saturated heterocycles. The van der Waals surface area contributed by atoms with Crippen LogP contribution in [0.4, 0.5) is 0 Å². The van der Waals surface area contributed by atoms with Gasteiger partial charge < -0.3 is 0 Å². The van der Waals surface area contributed by atoms with Gasteiger partial charge in [0.05, 0.1) is 17.8 Å². The Bertz CT molecular complexity index is 719. The van der Waals surface area contributed by atoms with Gasteiger partial charge in [-0.05, 0) is 43.2 Å². The number of nitrogens with zero attached hydrogens (tertiary/aromatic N) is 3. The van der Waals surface area contributed by atoms with Gasteiger partial charge in [-0.15, -0.1) is 0 Å². The largest absolute Gasteiger partial charge is 0.271 e. The quantitative estimate of drug-likeness (QED) is 0.768. The number of nitriles is 1. The summed E-state index contributed by atoms with van der Waals surface area (Å²) in [6.45, 7) is 3.72. The van der Waals surface area contributed by atoms with Crippen molar-refractivity contribution in [1.82, 2.24) is 4.68 Å². The third kappa shape index (κ3) is 2.96. The summed E-state index contributed by atoms with van der Waals surface area (Å²) in [5.41, 5.74) is 3.00. The highest BCUT2D eigenvalue weighted by Crippen LogP contribution is 2.02. The minimum Gasteiger partial charge on any atom is -0.267 e. The number of pyridine rings is 1. The van der Waals surface area contributed by atoms with E-state index >= 15 is 0 Å². The highest BCUT2D eigenvalue weighted by atomic mass is 16.1. The minimum absolute atomic E-state index is 0.151. The van der Waals surface area contributed by atoms with E-state index < -0.39 is 0 Å². The molecule has 19 heavy (non-hydrogen) atoms. The molecule has 0 fully saturated rings. The molecule has 2 aromatic rings. The Morgan fingerprint density at radius 2 is 1.89 bits per heavy atom. The number of rotatable bonds is 2. The monoisotopic (exact) mass is 251 g/mol. The third-order valence-electron chi connectivity index (χ3n) is 2.69. The average Bonchev–Trinajstić information content (AvgIpc) is 2.38. The third-order valence-corrected chi connectivity index (χ3v) is 2.69. The van der Waals surface area contributed by atoms with Crippen LogP contribution in [0.25, 0.3) is 0 Å². The summed E-state index contributed by atoms with van der Waals surface area (Å²) in [6.07, 6.45) is 1.60. The molecule has 4 heteroatoms. The van der Waals surface area contributed by atoms with Crippen LogP contribution >= 0.6 is 0 Å². The van der Waals surface area contributed by atoms with Gasteiger partial charge in [-0.25, -0.2) is 4.68 Å². The van der Waals surface area contributed by atoms with Crippen LogP contribution in [0.5, 0.6) is 0 Å². The number of aromatic nitrogens is 1. The van der Waals surface area contributed by atoms with E-state index in [2.05, 4.69) is 11.2 Å². The Labute approximate surface area is 111 Å². The zero-order valence-electron chi connectivity index (χ0n) is 10.8. The van der Waals surface area contributed by atoms with E-state index in [-0.39, 0.29) is 5.56 Å². The van der Waals surface area contributed by atoms with Gasteiger partial charge in [-0.2, -0.15) is 10.4 Å². The van der Waals surface area contributed by atoms with E-state index in [0.29, 0.717) is 5.56 Å². The first-order chi connectivity index (χ1) is 9.10. The number of benzene rings is 1. The van der Waals surface area contributed by atoms with Crippen LogP contribution in [0, 0.1) is 25.2 Å². The average molecular weight is 251 g/mol. The van der Waals surface area contributed by atoms with Crippen LogP contribution < -0.4 is 5.56 Å². The van der Waals surface area contributed by atoms with Crippen molar-refractivity contribution in [2.45, 2.75) is 13.8 Å². The summed E-state index contributed by atoms with van der Waals surface area (Å²) in [6, 6.07) is 12.5. The van der Waals surface area contributed by atoms with Crippen molar-refractivity contribution in [3.8, 4) is 6.07 Å². The zero-order chi connectivity index (χ0) is 13.8. The second-order valence-corrected chi connectivity index (χ2v) is 4.30. The maximum Gasteiger partial charge on any atom is 0.271 e. The van der Waals surface area contributed by atoms with Crippen molar-refractivity contribution in [2.75, 3.05) is 0 Å². The first-order valence-electron chi connectivity index (χ1n) is 5.85. The number of hydrogen-bond donors (Lipinski definition) is 0. The first-order valence-corrected chi connectivity index (χ1v) is 5.85. The minimum atomic E-state index is -0.151. The fourth-order valence-electron chi connectivity index (χ4n) is 1.78. The lowest BCUT2D eigenvalue weighted by Crippen LogP contribution is -2.18. The Hall–Kier alpha value is -2.67. The van der Waals surface area contributed by atoms with E-state index in [1.165, 1.54) is 4.68 Å². The topological polar surface area (TPSA) is 58.1 Å². The maximum absolute atomic E-state index is 11.8. The smallest absolute Gasteiger partial charge is 0.267 e. The van der Waals surface area contributed by atoms with Crippen LogP contribution in [-0.4, -0.2) is 10.9 Å². The van der Waals surface area contributed by atoms with Gasteiger partial charge in [-0.3, -0.25) is 4.79 Å². The fourth-order valence-corrected chi connectivity index (χ4v) is 1.78. The number of aryl methyl sites for hydroxylation is 2. The normalized spacial score (nSPS) is 10.6.